The molecule has 7 nitrogen and oxygen atoms in total. The topological polar surface area (TPSA) is 101 Å². The maximum absolute atomic E-state index is 12.3. The van der Waals surface area contributed by atoms with Crippen molar-refractivity contribution in [1.29, 1.82) is 0 Å². The van der Waals surface area contributed by atoms with Crippen molar-refractivity contribution in [3.63, 3.8) is 0 Å². The molecule has 1 atom stereocenters. The van der Waals surface area contributed by atoms with Crippen LogP contribution in [0.15, 0.2) is 12.1 Å². The Morgan fingerprint density at radius 2 is 1.71 bits per heavy atom. The van der Waals surface area contributed by atoms with Gasteiger partial charge in [0.15, 0.2) is 9.84 Å². The number of amides is 3. The molecule has 0 aromatic heterocycles. The Kier molecular flexibility index (Phi) is 4.31. The molecular weight excluding hydrogens is 379 g/mol. The summed E-state index contributed by atoms with van der Waals surface area (Å²) in [6, 6.07) is 2.09. The molecule has 1 aromatic rings. The summed E-state index contributed by atoms with van der Waals surface area (Å²) < 4.78 is 22.8. The average molecular weight is 391 g/mol. The van der Waals surface area contributed by atoms with E-state index >= 15 is 0 Å². The molecular formula is C14H12Cl2N2O5S. The highest BCUT2D eigenvalue weighted by Crippen LogP contribution is 2.31. The fraction of sp³-hybridized carbons (Fsp3) is 0.357. The molecule has 0 aliphatic carbocycles. The van der Waals surface area contributed by atoms with Gasteiger partial charge in [-0.15, -0.1) is 0 Å². The van der Waals surface area contributed by atoms with Crippen LogP contribution in [0.5, 0.6) is 0 Å². The first kappa shape index (κ1) is 17.2. The highest BCUT2D eigenvalue weighted by Gasteiger charge is 2.38. The third-order valence-electron chi connectivity index (χ3n) is 3.91. The SMILES string of the molecule is O=C(CN1C(=O)c2cc(Cl)c(Cl)cc2C1=O)N[C@@H]1CCS(=O)(=O)C1. The lowest BCUT2D eigenvalue weighted by atomic mass is 10.1. The molecule has 0 radical (unpaired) electrons. The normalized spacial score (nSPS) is 21.9. The number of fused-ring (bicyclic) bond motifs is 1. The van der Waals surface area contributed by atoms with Gasteiger partial charge in [0.05, 0.1) is 32.7 Å². The van der Waals surface area contributed by atoms with Gasteiger partial charge in [-0.1, -0.05) is 23.2 Å². The zero-order valence-corrected chi connectivity index (χ0v) is 14.5. The lowest BCUT2D eigenvalue weighted by molar-refractivity contribution is -0.121. The monoisotopic (exact) mass is 390 g/mol. The standard InChI is InChI=1S/C14H12Cl2N2O5S/c15-10-3-8-9(4-11(10)16)14(21)18(13(8)20)5-12(19)17-7-1-2-24(22,23)6-7/h3-4,7H,1-2,5-6H2,(H,17,19)/t7-/m1/s1. The van der Waals surface area contributed by atoms with E-state index in [1.54, 1.807) is 0 Å². The summed E-state index contributed by atoms with van der Waals surface area (Å²) in [6.07, 6.45) is 0.321. The summed E-state index contributed by atoms with van der Waals surface area (Å²) in [4.78, 5) is 37.4. The molecule has 1 N–H and O–H groups in total. The van der Waals surface area contributed by atoms with Crippen LogP contribution >= 0.6 is 23.2 Å². The van der Waals surface area contributed by atoms with Gasteiger partial charge in [0.2, 0.25) is 5.91 Å². The maximum Gasteiger partial charge on any atom is 0.262 e. The summed E-state index contributed by atoms with van der Waals surface area (Å²) in [6.45, 7) is -0.488. The Bertz CT molecular complexity index is 827. The molecule has 1 aromatic carbocycles. The zero-order valence-electron chi connectivity index (χ0n) is 12.2. The van der Waals surface area contributed by atoms with Crippen molar-refractivity contribution in [2.45, 2.75) is 12.5 Å². The van der Waals surface area contributed by atoms with E-state index in [0.717, 1.165) is 4.90 Å². The minimum atomic E-state index is -3.13. The molecule has 1 fully saturated rings. The van der Waals surface area contributed by atoms with E-state index in [2.05, 4.69) is 5.32 Å². The highest BCUT2D eigenvalue weighted by molar-refractivity contribution is 7.91. The first-order valence-electron chi connectivity index (χ1n) is 7.03. The molecule has 2 aliphatic heterocycles. The maximum atomic E-state index is 12.3. The van der Waals surface area contributed by atoms with E-state index in [-0.39, 0.29) is 32.7 Å². The van der Waals surface area contributed by atoms with Gasteiger partial charge in [-0.05, 0) is 18.6 Å². The smallest absolute Gasteiger partial charge is 0.262 e. The van der Waals surface area contributed by atoms with E-state index in [9.17, 15) is 22.8 Å². The van der Waals surface area contributed by atoms with Gasteiger partial charge in [-0.25, -0.2) is 8.42 Å². The van der Waals surface area contributed by atoms with Crippen LogP contribution in [0.4, 0.5) is 0 Å². The van der Waals surface area contributed by atoms with Crippen molar-refractivity contribution in [2.24, 2.45) is 0 Å². The Labute approximate surface area is 147 Å². The molecule has 2 aliphatic rings. The van der Waals surface area contributed by atoms with Crippen LogP contribution in [-0.2, 0) is 14.6 Å². The zero-order chi connectivity index (χ0) is 17.6. The third-order valence-corrected chi connectivity index (χ3v) is 6.40. The molecule has 2 heterocycles. The fourth-order valence-corrected chi connectivity index (χ4v) is 4.75. The lowest BCUT2D eigenvalue weighted by Crippen LogP contribution is -2.44. The van der Waals surface area contributed by atoms with Gasteiger partial charge >= 0.3 is 0 Å². The highest BCUT2D eigenvalue weighted by atomic mass is 35.5. The summed E-state index contributed by atoms with van der Waals surface area (Å²) in [7, 11) is -3.13. The van der Waals surface area contributed by atoms with Gasteiger partial charge in [-0.2, -0.15) is 0 Å². The summed E-state index contributed by atoms with van der Waals surface area (Å²) in [5, 5.41) is 2.81. The van der Waals surface area contributed by atoms with Crippen molar-refractivity contribution in [1.82, 2.24) is 10.2 Å². The van der Waals surface area contributed by atoms with Crippen LogP contribution < -0.4 is 5.32 Å². The lowest BCUT2D eigenvalue weighted by Gasteiger charge is -2.16. The Morgan fingerprint density at radius 1 is 1.17 bits per heavy atom. The van der Waals surface area contributed by atoms with Crippen molar-refractivity contribution in [3.8, 4) is 0 Å². The second-order valence-electron chi connectivity index (χ2n) is 5.68. The number of nitrogens with one attached hydrogen (secondary N) is 1. The summed E-state index contributed by atoms with van der Waals surface area (Å²) >= 11 is 11.7. The first-order chi connectivity index (χ1) is 11.2. The number of rotatable bonds is 3. The van der Waals surface area contributed by atoms with Crippen LogP contribution in [0.25, 0.3) is 0 Å². The van der Waals surface area contributed by atoms with Crippen LogP contribution in [0.1, 0.15) is 27.1 Å². The summed E-state index contributed by atoms with van der Waals surface area (Å²) in [5.74, 6) is -1.98. The molecule has 0 saturated carbocycles. The molecule has 24 heavy (non-hydrogen) atoms. The Morgan fingerprint density at radius 3 is 2.17 bits per heavy atom. The summed E-state index contributed by atoms with van der Waals surface area (Å²) in [5.41, 5.74) is 0.177. The minimum Gasteiger partial charge on any atom is -0.351 e. The van der Waals surface area contributed by atoms with Crippen molar-refractivity contribution in [3.05, 3.63) is 33.3 Å². The number of sulfone groups is 1. The fourth-order valence-electron chi connectivity index (χ4n) is 2.75. The number of nitrogens with zero attached hydrogens (tertiary/aromatic N) is 1. The second-order valence-corrected chi connectivity index (χ2v) is 8.72. The molecule has 3 amide bonds. The van der Waals surface area contributed by atoms with Crippen molar-refractivity contribution in [2.75, 3.05) is 18.1 Å². The van der Waals surface area contributed by atoms with Crippen molar-refractivity contribution >= 4 is 50.8 Å². The molecule has 3 rings (SSSR count). The number of carbonyl (C=O) groups is 3. The molecule has 128 valence electrons. The van der Waals surface area contributed by atoms with Gasteiger partial charge in [0, 0.05) is 6.04 Å². The van der Waals surface area contributed by atoms with E-state index in [1.807, 2.05) is 0 Å². The Hall–Kier alpha value is -1.64. The molecule has 0 spiro atoms. The number of hydrogen-bond acceptors (Lipinski definition) is 5. The van der Waals surface area contributed by atoms with Gasteiger partial charge < -0.3 is 5.32 Å². The van der Waals surface area contributed by atoms with E-state index < -0.39 is 40.1 Å². The number of benzene rings is 1. The minimum absolute atomic E-state index is 0.0158. The molecule has 1 saturated heterocycles. The van der Waals surface area contributed by atoms with E-state index in [4.69, 9.17) is 23.2 Å². The molecule has 0 unspecified atom stereocenters. The average Bonchev–Trinajstić information content (AvgIpc) is 2.93. The number of carbonyl (C=O) groups excluding carboxylic acids is 3. The molecule has 0 bridgehead atoms. The van der Waals surface area contributed by atoms with Crippen molar-refractivity contribution < 1.29 is 22.8 Å². The second kappa shape index (κ2) is 6.02. The number of imide groups is 1. The van der Waals surface area contributed by atoms with Crippen LogP contribution in [0, 0.1) is 0 Å². The van der Waals surface area contributed by atoms with Crippen LogP contribution in [0.3, 0.4) is 0 Å². The van der Waals surface area contributed by atoms with E-state index in [1.165, 1.54) is 12.1 Å². The largest absolute Gasteiger partial charge is 0.351 e. The van der Waals surface area contributed by atoms with Gasteiger partial charge in [-0.3, -0.25) is 19.3 Å². The molecule has 10 heteroatoms. The Balaban J connectivity index is 1.71. The van der Waals surface area contributed by atoms with E-state index in [0.29, 0.717) is 6.42 Å². The predicted molar refractivity (Wildman–Crippen MR) is 87.0 cm³/mol. The predicted octanol–water partition coefficient (Wildman–Crippen LogP) is 0.893. The van der Waals surface area contributed by atoms with Gasteiger partial charge in [0.1, 0.15) is 6.54 Å². The van der Waals surface area contributed by atoms with Gasteiger partial charge in [0.25, 0.3) is 11.8 Å². The van der Waals surface area contributed by atoms with Crippen LogP contribution in [0.2, 0.25) is 10.0 Å². The number of halogens is 2. The number of hydrogen-bond donors (Lipinski definition) is 1. The van der Waals surface area contributed by atoms with Crippen LogP contribution in [-0.4, -0.2) is 55.1 Å². The third kappa shape index (κ3) is 3.13. The quantitative estimate of drug-likeness (QED) is 0.772. The first-order valence-corrected chi connectivity index (χ1v) is 9.61.